The van der Waals surface area contributed by atoms with Gasteiger partial charge in [0.2, 0.25) is 4.77 Å². The molecule has 0 aromatic carbocycles. The third-order valence-corrected chi connectivity index (χ3v) is 2.99. The molecule has 17 heavy (non-hydrogen) atoms. The second kappa shape index (κ2) is 4.30. The van der Waals surface area contributed by atoms with E-state index < -0.39 is 30.4 Å². The van der Waals surface area contributed by atoms with Gasteiger partial charge in [-0.2, -0.15) is 4.98 Å². The minimum Gasteiger partial charge on any atom is -0.388 e. The summed E-state index contributed by atoms with van der Waals surface area (Å²) in [5.41, 5.74) is 5.26. The molecular formula is C9H12FN3O3S. The Labute approximate surface area is 101 Å². The van der Waals surface area contributed by atoms with Crippen LogP contribution in [0, 0.1) is 10.6 Å². The van der Waals surface area contributed by atoms with Crippen molar-refractivity contribution < 1.29 is 19.3 Å². The smallest absolute Gasteiger partial charge is 0.203 e. The van der Waals surface area contributed by atoms with Gasteiger partial charge in [-0.05, 0) is 19.1 Å². The number of hydrogen-bond donors (Lipinski definition) is 3. The number of hydrogen-bond acceptors (Lipinski definition) is 6. The standard InChI is InChI=1S/C9H12FN3O3S/c1-3-5(14)6(15)8(16-3)13-2-4(10)7(11)12-9(13)17/h2-3,5-6,8,14-15H,1H3,(H2,11,12,17)/t3-,5-,6-,8-/m1/s1. The molecule has 0 amide bonds. The summed E-state index contributed by atoms with van der Waals surface area (Å²) in [7, 11) is 0. The van der Waals surface area contributed by atoms with Crippen molar-refractivity contribution in [1.29, 1.82) is 0 Å². The molecule has 1 saturated heterocycles. The Kier molecular flexibility index (Phi) is 3.13. The Balaban J connectivity index is 2.42. The summed E-state index contributed by atoms with van der Waals surface area (Å²) in [6, 6.07) is 0. The molecule has 94 valence electrons. The molecule has 0 aliphatic carbocycles. The molecule has 2 heterocycles. The molecule has 0 spiro atoms. The molecule has 6 nitrogen and oxygen atoms in total. The lowest BCUT2D eigenvalue weighted by atomic mass is 10.1. The number of nitrogens with two attached hydrogens (primary N) is 1. The van der Waals surface area contributed by atoms with E-state index in [1.165, 1.54) is 0 Å². The van der Waals surface area contributed by atoms with Crippen LogP contribution in [-0.2, 0) is 4.74 Å². The fraction of sp³-hybridized carbons (Fsp3) is 0.556. The SMILES string of the molecule is C[C@H]1O[C@@H](n2cc(F)c(N)nc2=S)[C@H](O)[C@@H]1O. The highest BCUT2D eigenvalue weighted by atomic mass is 32.1. The molecule has 1 aliphatic heterocycles. The monoisotopic (exact) mass is 261 g/mol. The molecule has 4 N–H and O–H groups in total. The van der Waals surface area contributed by atoms with E-state index in [0.717, 1.165) is 10.8 Å². The molecule has 0 unspecified atom stereocenters. The first-order valence-corrected chi connectivity index (χ1v) is 5.38. The van der Waals surface area contributed by atoms with Gasteiger partial charge in [-0.3, -0.25) is 4.57 Å². The predicted octanol–water partition coefficient (Wildman–Crippen LogP) is -0.0270. The number of nitrogens with zero attached hydrogens (tertiary/aromatic N) is 2. The van der Waals surface area contributed by atoms with E-state index in [9.17, 15) is 14.6 Å². The molecule has 0 radical (unpaired) electrons. The maximum absolute atomic E-state index is 13.3. The van der Waals surface area contributed by atoms with Crippen LogP contribution in [0.15, 0.2) is 6.20 Å². The molecule has 0 saturated carbocycles. The van der Waals surface area contributed by atoms with Gasteiger partial charge in [0.05, 0.1) is 6.10 Å². The first-order valence-electron chi connectivity index (χ1n) is 4.97. The van der Waals surface area contributed by atoms with Crippen LogP contribution in [0.25, 0.3) is 0 Å². The lowest BCUT2D eigenvalue weighted by Gasteiger charge is -2.18. The van der Waals surface area contributed by atoms with E-state index in [4.69, 9.17) is 22.7 Å². The molecule has 1 aromatic rings. The van der Waals surface area contributed by atoms with Gasteiger partial charge in [-0.25, -0.2) is 4.39 Å². The zero-order chi connectivity index (χ0) is 12.7. The predicted molar refractivity (Wildman–Crippen MR) is 59.0 cm³/mol. The number of rotatable bonds is 1. The average molecular weight is 261 g/mol. The van der Waals surface area contributed by atoms with Crippen LogP contribution < -0.4 is 5.73 Å². The second-order valence-corrected chi connectivity index (χ2v) is 4.24. The lowest BCUT2D eigenvalue weighted by molar-refractivity contribution is -0.0343. The molecular weight excluding hydrogens is 249 g/mol. The second-order valence-electron chi connectivity index (χ2n) is 3.88. The number of aromatic nitrogens is 2. The number of aliphatic hydroxyl groups is 2. The van der Waals surface area contributed by atoms with E-state index in [2.05, 4.69) is 4.98 Å². The maximum Gasteiger partial charge on any atom is 0.203 e. The Morgan fingerprint density at radius 2 is 2.18 bits per heavy atom. The van der Waals surface area contributed by atoms with Crippen LogP contribution >= 0.6 is 12.2 Å². The molecule has 4 atom stereocenters. The number of anilines is 1. The lowest BCUT2D eigenvalue weighted by Crippen LogP contribution is -2.30. The third-order valence-electron chi connectivity index (χ3n) is 2.69. The highest BCUT2D eigenvalue weighted by Crippen LogP contribution is 2.29. The summed E-state index contributed by atoms with van der Waals surface area (Å²) in [6.07, 6.45) is -2.78. The van der Waals surface area contributed by atoms with Crippen molar-refractivity contribution >= 4 is 18.0 Å². The number of aliphatic hydroxyl groups excluding tert-OH is 2. The summed E-state index contributed by atoms with van der Waals surface area (Å²) < 4.78 is 19.7. The van der Waals surface area contributed by atoms with Gasteiger partial charge in [0.15, 0.2) is 17.9 Å². The van der Waals surface area contributed by atoms with Crippen LogP contribution in [0.2, 0.25) is 0 Å². The molecule has 1 fully saturated rings. The fourth-order valence-corrected chi connectivity index (χ4v) is 1.95. The van der Waals surface area contributed by atoms with Crippen LogP contribution in [0.1, 0.15) is 13.2 Å². The normalized spacial score (nSPS) is 32.9. The van der Waals surface area contributed by atoms with Crippen molar-refractivity contribution in [1.82, 2.24) is 9.55 Å². The summed E-state index contributed by atoms with van der Waals surface area (Å²) in [5, 5.41) is 19.3. The zero-order valence-electron chi connectivity index (χ0n) is 8.95. The van der Waals surface area contributed by atoms with Crippen LogP contribution in [0.3, 0.4) is 0 Å². The summed E-state index contributed by atoms with van der Waals surface area (Å²) in [6.45, 7) is 1.60. The van der Waals surface area contributed by atoms with Crippen molar-refractivity contribution in [3.63, 3.8) is 0 Å². The molecule has 2 rings (SSSR count). The van der Waals surface area contributed by atoms with Gasteiger partial charge in [0.1, 0.15) is 12.2 Å². The third kappa shape index (κ3) is 2.04. The maximum atomic E-state index is 13.3. The average Bonchev–Trinajstić information content (AvgIpc) is 2.51. The fourth-order valence-electron chi connectivity index (χ4n) is 1.70. The summed E-state index contributed by atoms with van der Waals surface area (Å²) in [4.78, 5) is 3.61. The van der Waals surface area contributed by atoms with E-state index >= 15 is 0 Å². The number of halogens is 1. The Bertz CT molecular complexity index is 495. The zero-order valence-corrected chi connectivity index (χ0v) is 9.76. The van der Waals surface area contributed by atoms with Gasteiger partial charge in [-0.1, -0.05) is 0 Å². The Hall–Kier alpha value is -1.09. The Morgan fingerprint density at radius 3 is 2.71 bits per heavy atom. The first-order chi connectivity index (χ1) is 7.91. The minimum absolute atomic E-state index is 0.0192. The van der Waals surface area contributed by atoms with Gasteiger partial charge < -0.3 is 20.7 Å². The highest BCUT2D eigenvalue weighted by Gasteiger charge is 2.41. The van der Waals surface area contributed by atoms with Gasteiger partial charge in [0, 0.05) is 6.20 Å². The van der Waals surface area contributed by atoms with E-state index in [1.54, 1.807) is 6.92 Å². The topological polar surface area (TPSA) is 93.5 Å². The van der Waals surface area contributed by atoms with Crippen molar-refractivity contribution in [3.05, 3.63) is 16.8 Å². The van der Waals surface area contributed by atoms with Crippen molar-refractivity contribution in [2.75, 3.05) is 5.73 Å². The Morgan fingerprint density at radius 1 is 1.53 bits per heavy atom. The quantitative estimate of drug-likeness (QED) is 0.615. The van der Waals surface area contributed by atoms with Crippen molar-refractivity contribution in [2.24, 2.45) is 0 Å². The van der Waals surface area contributed by atoms with Crippen LogP contribution in [0.5, 0.6) is 0 Å². The van der Waals surface area contributed by atoms with E-state index in [-0.39, 0.29) is 10.6 Å². The van der Waals surface area contributed by atoms with E-state index in [1.807, 2.05) is 0 Å². The highest BCUT2D eigenvalue weighted by molar-refractivity contribution is 7.71. The van der Waals surface area contributed by atoms with Crippen molar-refractivity contribution in [3.8, 4) is 0 Å². The number of nitrogen functional groups attached to an aromatic ring is 1. The minimum atomic E-state index is -1.19. The molecule has 1 aliphatic rings. The summed E-state index contributed by atoms with van der Waals surface area (Å²) >= 11 is 4.90. The largest absolute Gasteiger partial charge is 0.388 e. The molecule has 0 bridgehead atoms. The van der Waals surface area contributed by atoms with Crippen LogP contribution in [0.4, 0.5) is 10.2 Å². The van der Waals surface area contributed by atoms with Crippen LogP contribution in [-0.4, -0.2) is 38.1 Å². The number of ether oxygens (including phenoxy) is 1. The van der Waals surface area contributed by atoms with E-state index in [0.29, 0.717) is 0 Å². The van der Waals surface area contributed by atoms with Gasteiger partial charge >= 0.3 is 0 Å². The summed E-state index contributed by atoms with van der Waals surface area (Å²) in [5.74, 6) is -1.07. The van der Waals surface area contributed by atoms with Gasteiger partial charge in [-0.15, -0.1) is 0 Å². The van der Waals surface area contributed by atoms with Crippen molar-refractivity contribution in [2.45, 2.75) is 31.5 Å². The first kappa shape index (κ1) is 12.4. The molecule has 1 aromatic heterocycles. The molecule has 8 heteroatoms. The van der Waals surface area contributed by atoms with Gasteiger partial charge in [0.25, 0.3) is 0 Å².